The molecule has 11 heteroatoms. The van der Waals surface area contributed by atoms with Crippen LogP contribution < -0.4 is 20.4 Å². The van der Waals surface area contributed by atoms with Crippen LogP contribution >= 0.6 is 0 Å². The smallest absolute Gasteiger partial charge is 0.243 e. The summed E-state index contributed by atoms with van der Waals surface area (Å²) in [4.78, 5) is 37.7. The standard InChI is InChI=1S/C29H33N9O2/c1-3-26(39)35-21-5-4-8-38(17-21)29-30-15-22(16-31-29)34-24-7-6-20(13-19(24)2)25-14-23-27(36-25)32-18-33-28(23)37-9-11-40-12-10-37/h3,6-7,13-16,18,21,34H,1,4-5,8-12,17H2,2H3,(H,35,39)(H,32,33,36)/t21-/m1/s1. The third-order valence-corrected chi connectivity index (χ3v) is 7.41. The number of ether oxygens (including phenoxy) is 1. The zero-order valence-electron chi connectivity index (χ0n) is 22.6. The lowest BCUT2D eigenvalue weighted by molar-refractivity contribution is -0.117. The van der Waals surface area contributed by atoms with Gasteiger partial charge in [0.05, 0.1) is 36.7 Å². The highest BCUT2D eigenvalue weighted by Crippen LogP contribution is 2.31. The molecule has 0 radical (unpaired) electrons. The van der Waals surface area contributed by atoms with Gasteiger partial charge in [-0.3, -0.25) is 4.79 Å². The first-order valence-corrected chi connectivity index (χ1v) is 13.6. The number of carbonyl (C=O) groups excluding carboxylic acids is 1. The van der Waals surface area contributed by atoms with E-state index < -0.39 is 0 Å². The van der Waals surface area contributed by atoms with Crippen LogP contribution in [0.2, 0.25) is 0 Å². The summed E-state index contributed by atoms with van der Waals surface area (Å²) in [7, 11) is 0. The van der Waals surface area contributed by atoms with Gasteiger partial charge in [-0.1, -0.05) is 12.6 Å². The summed E-state index contributed by atoms with van der Waals surface area (Å²) in [5, 5.41) is 7.43. The number of nitrogens with zero attached hydrogens (tertiary/aromatic N) is 6. The summed E-state index contributed by atoms with van der Waals surface area (Å²) in [5.41, 5.74) is 5.78. The quantitative estimate of drug-likeness (QED) is 0.302. The van der Waals surface area contributed by atoms with Crippen LogP contribution in [0.5, 0.6) is 0 Å². The van der Waals surface area contributed by atoms with Crippen molar-refractivity contribution in [3.63, 3.8) is 0 Å². The van der Waals surface area contributed by atoms with Crippen molar-refractivity contribution in [2.75, 3.05) is 54.5 Å². The third-order valence-electron chi connectivity index (χ3n) is 7.41. The van der Waals surface area contributed by atoms with Crippen LogP contribution in [0.1, 0.15) is 18.4 Å². The van der Waals surface area contributed by atoms with Gasteiger partial charge in [0.25, 0.3) is 0 Å². The number of piperidine rings is 1. The minimum Gasteiger partial charge on any atom is -0.378 e. The second-order valence-corrected chi connectivity index (χ2v) is 10.2. The molecule has 40 heavy (non-hydrogen) atoms. The van der Waals surface area contributed by atoms with Gasteiger partial charge in [0, 0.05) is 43.6 Å². The Bertz CT molecular complexity index is 1510. The van der Waals surface area contributed by atoms with Crippen LogP contribution in [0, 0.1) is 6.92 Å². The number of aryl methyl sites for hydroxylation is 1. The molecule has 2 saturated heterocycles. The highest BCUT2D eigenvalue weighted by Gasteiger charge is 2.23. The third kappa shape index (κ3) is 5.46. The Kier molecular flexibility index (Phi) is 7.28. The molecular formula is C29H33N9O2. The number of nitrogens with one attached hydrogen (secondary N) is 3. The lowest BCUT2D eigenvalue weighted by Crippen LogP contribution is -2.47. The van der Waals surface area contributed by atoms with Gasteiger partial charge >= 0.3 is 0 Å². The van der Waals surface area contributed by atoms with Crippen molar-refractivity contribution in [3.05, 3.63) is 61.2 Å². The normalized spacial score (nSPS) is 17.6. The van der Waals surface area contributed by atoms with Crippen molar-refractivity contribution in [1.82, 2.24) is 30.2 Å². The van der Waals surface area contributed by atoms with E-state index in [1.54, 1.807) is 18.7 Å². The maximum Gasteiger partial charge on any atom is 0.243 e. The molecule has 1 amide bonds. The van der Waals surface area contributed by atoms with E-state index in [1.165, 1.54) is 6.08 Å². The van der Waals surface area contributed by atoms with Gasteiger partial charge in [0.15, 0.2) is 0 Å². The van der Waals surface area contributed by atoms with Gasteiger partial charge < -0.3 is 30.2 Å². The van der Waals surface area contributed by atoms with Gasteiger partial charge in [-0.15, -0.1) is 0 Å². The molecule has 3 N–H and O–H groups in total. The molecule has 0 unspecified atom stereocenters. The van der Waals surface area contributed by atoms with Crippen molar-refractivity contribution in [2.24, 2.45) is 0 Å². The number of morpholine rings is 1. The molecule has 11 nitrogen and oxygen atoms in total. The topological polar surface area (TPSA) is 124 Å². The summed E-state index contributed by atoms with van der Waals surface area (Å²) < 4.78 is 5.50. The summed E-state index contributed by atoms with van der Waals surface area (Å²) in [6, 6.07) is 8.49. The van der Waals surface area contributed by atoms with Crippen LogP contribution in [0.4, 0.5) is 23.1 Å². The summed E-state index contributed by atoms with van der Waals surface area (Å²) in [5.74, 6) is 1.45. The number of H-pyrrole nitrogens is 1. The number of anilines is 4. The Morgan fingerprint density at radius 2 is 1.93 bits per heavy atom. The molecule has 3 aromatic heterocycles. The maximum atomic E-state index is 11.7. The molecule has 2 aliphatic rings. The number of benzene rings is 1. The average molecular weight is 540 g/mol. The number of aromatic amines is 1. The van der Waals surface area contributed by atoms with Crippen LogP contribution in [0.3, 0.4) is 0 Å². The Hall–Kier alpha value is -4.51. The van der Waals surface area contributed by atoms with Gasteiger partial charge in [-0.05, 0) is 55.2 Å². The predicted molar refractivity (Wildman–Crippen MR) is 156 cm³/mol. The Balaban J connectivity index is 1.15. The molecule has 1 atom stereocenters. The number of hydrogen-bond donors (Lipinski definition) is 3. The van der Waals surface area contributed by atoms with E-state index in [1.807, 2.05) is 0 Å². The number of fused-ring (bicyclic) bond motifs is 1. The molecule has 2 aliphatic heterocycles. The first kappa shape index (κ1) is 25.8. The predicted octanol–water partition coefficient (Wildman–Crippen LogP) is 3.57. The number of carbonyl (C=O) groups is 1. The number of aromatic nitrogens is 5. The van der Waals surface area contributed by atoms with E-state index in [0.29, 0.717) is 25.7 Å². The van der Waals surface area contributed by atoms with E-state index in [9.17, 15) is 4.79 Å². The minimum absolute atomic E-state index is 0.0667. The van der Waals surface area contributed by atoms with E-state index in [4.69, 9.17) is 4.74 Å². The molecule has 0 saturated carbocycles. The first-order valence-electron chi connectivity index (χ1n) is 13.6. The molecular weight excluding hydrogens is 506 g/mol. The number of hydrogen-bond acceptors (Lipinski definition) is 9. The second-order valence-electron chi connectivity index (χ2n) is 10.2. The largest absolute Gasteiger partial charge is 0.378 e. The van der Waals surface area contributed by atoms with Gasteiger partial charge in [0.2, 0.25) is 11.9 Å². The molecule has 0 bridgehead atoms. The Morgan fingerprint density at radius 3 is 2.70 bits per heavy atom. The summed E-state index contributed by atoms with van der Waals surface area (Å²) in [6.07, 6.45) is 8.42. The maximum absolute atomic E-state index is 11.7. The molecule has 4 aromatic rings. The van der Waals surface area contributed by atoms with Crippen molar-refractivity contribution in [1.29, 1.82) is 0 Å². The summed E-state index contributed by atoms with van der Waals surface area (Å²) >= 11 is 0. The lowest BCUT2D eigenvalue weighted by Gasteiger charge is -2.32. The monoisotopic (exact) mass is 539 g/mol. The molecule has 5 heterocycles. The Morgan fingerprint density at radius 1 is 1.10 bits per heavy atom. The van der Waals surface area contributed by atoms with Crippen molar-refractivity contribution < 1.29 is 9.53 Å². The molecule has 0 aliphatic carbocycles. The van der Waals surface area contributed by atoms with Crippen LogP contribution in [0.25, 0.3) is 22.3 Å². The fourth-order valence-electron chi connectivity index (χ4n) is 5.32. The number of amides is 1. The second kappa shape index (κ2) is 11.3. The van der Waals surface area contributed by atoms with E-state index in [2.05, 4.69) is 83.1 Å². The zero-order chi connectivity index (χ0) is 27.5. The van der Waals surface area contributed by atoms with Crippen LogP contribution in [0.15, 0.2) is 55.6 Å². The Labute approximate surface area is 232 Å². The van der Waals surface area contributed by atoms with Crippen LogP contribution in [-0.4, -0.2) is 76.3 Å². The SMILES string of the molecule is C=CC(=O)N[C@@H]1CCCN(c2ncc(Nc3ccc(-c4cc5c(N6CCOCC6)ncnc5[nH]4)cc3C)cn2)C1. The van der Waals surface area contributed by atoms with Gasteiger partial charge in [0.1, 0.15) is 17.8 Å². The van der Waals surface area contributed by atoms with E-state index in [0.717, 1.165) is 77.5 Å². The molecule has 0 spiro atoms. The minimum atomic E-state index is -0.148. The number of rotatable bonds is 7. The fourth-order valence-corrected chi connectivity index (χ4v) is 5.32. The van der Waals surface area contributed by atoms with Gasteiger partial charge in [-0.25, -0.2) is 19.9 Å². The lowest BCUT2D eigenvalue weighted by atomic mass is 10.1. The highest BCUT2D eigenvalue weighted by molar-refractivity contribution is 5.92. The van der Waals surface area contributed by atoms with Gasteiger partial charge in [-0.2, -0.15) is 0 Å². The average Bonchev–Trinajstić information content (AvgIpc) is 3.44. The molecule has 1 aromatic carbocycles. The van der Waals surface area contributed by atoms with E-state index in [-0.39, 0.29) is 11.9 Å². The van der Waals surface area contributed by atoms with Crippen molar-refractivity contribution in [2.45, 2.75) is 25.8 Å². The fraction of sp³-hybridized carbons (Fsp3) is 0.345. The van der Waals surface area contributed by atoms with Crippen molar-refractivity contribution in [3.8, 4) is 11.3 Å². The van der Waals surface area contributed by atoms with E-state index >= 15 is 0 Å². The van der Waals surface area contributed by atoms with Crippen molar-refractivity contribution >= 4 is 40.1 Å². The molecule has 2 fully saturated rings. The highest BCUT2D eigenvalue weighted by atomic mass is 16.5. The summed E-state index contributed by atoms with van der Waals surface area (Å²) in [6.45, 7) is 10.2. The molecule has 206 valence electrons. The van der Waals surface area contributed by atoms with Crippen LogP contribution in [-0.2, 0) is 9.53 Å². The zero-order valence-corrected chi connectivity index (χ0v) is 22.6. The first-order chi connectivity index (χ1) is 19.6. The molecule has 6 rings (SSSR count).